The molecule has 0 fully saturated rings. The molecule has 1 rings (SSSR count). The molecule has 0 saturated carbocycles. The zero-order valence-corrected chi connectivity index (χ0v) is 13.2. The lowest BCUT2D eigenvalue weighted by Gasteiger charge is -2.28. The number of hydrogen-bond acceptors (Lipinski definition) is 2. The zero-order chi connectivity index (χ0) is 14.3. The summed E-state index contributed by atoms with van der Waals surface area (Å²) in [6.07, 6.45) is 0. The first kappa shape index (κ1) is 16.2. The topological polar surface area (TPSA) is 15.3 Å². The minimum atomic E-state index is 0.435. The molecule has 0 aromatic heterocycles. The number of benzene rings is 1. The van der Waals surface area contributed by atoms with Gasteiger partial charge in [0.2, 0.25) is 0 Å². The average Bonchev–Trinajstić information content (AvgIpc) is 2.37. The molecule has 19 heavy (non-hydrogen) atoms. The molecule has 1 aromatic rings. The molecule has 1 aromatic carbocycles. The zero-order valence-electron chi connectivity index (χ0n) is 13.2. The van der Waals surface area contributed by atoms with E-state index >= 15 is 0 Å². The van der Waals surface area contributed by atoms with Crippen molar-refractivity contribution in [2.24, 2.45) is 5.92 Å². The fourth-order valence-electron chi connectivity index (χ4n) is 2.44. The summed E-state index contributed by atoms with van der Waals surface area (Å²) in [5.74, 6) is 0.722. The molecule has 2 heteroatoms. The summed E-state index contributed by atoms with van der Waals surface area (Å²) in [5.41, 5.74) is 2.73. The van der Waals surface area contributed by atoms with E-state index < -0.39 is 0 Å². The summed E-state index contributed by atoms with van der Waals surface area (Å²) in [6.45, 7) is 15.5. The van der Waals surface area contributed by atoms with Crippen molar-refractivity contribution in [1.29, 1.82) is 0 Å². The summed E-state index contributed by atoms with van der Waals surface area (Å²) in [7, 11) is 0. The van der Waals surface area contributed by atoms with Gasteiger partial charge in [0.25, 0.3) is 0 Å². The molecule has 0 spiro atoms. The Morgan fingerprint density at radius 1 is 1.05 bits per heavy atom. The van der Waals surface area contributed by atoms with Crippen molar-refractivity contribution in [2.45, 2.75) is 40.7 Å². The third kappa shape index (κ3) is 5.75. The molecule has 1 atom stereocenters. The largest absolute Gasteiger partial charge is 0.309 e. The summed E-state index contributed by atoms with van der Waals surface area (Å²) >= 11 is 0. The van der Waals surface area contributed by atoms with E-state index in [0.717, 1.165) is 25.6 Å². The lowest BCUT2D eigenvalue weighted by Crippen LogP contribution is -2.37. The highest BCUT2D eigenvalue weighted by atomic mass is 15.1. The SMILES string of the molecule is CCNC(CN(CC)CC(C)C)c1ccc(C)cc1. The van der Waals surface area contributed by atoms with Crippen molar-refractivity contribution < 1.29 is 0 Å². The van der Waals surface area contributed by atoms with E-state index in [0.29, 0.717) is 6.04 Å². The monoisotopic (exact) mass is 262 g/mol. The maximum absolute atomic E-state index is 3.61. The van der Waals surface area contributed by atoms with Gasteiger partial charge in [0.05, 0.1) is 0 Å². The van der Waals surface area contributed by atoms with Crippen LogP contribution in [0.1, 0.15) is 44.9 Å². The fraction of sp³-hybridized carbons (Fsp3) is 0.647. The van der Waals surface area contributed by atoms with Crippen LogP contribution < -0.4 is 5.32 Å². The van der Waals surface area contributed by atoms with Gasteiger partial charge in [-0.2, -0.15) is 0 Å². The average molecular weight is 262 g/mol. The standard InChI is InChI=1S/C17H30N2/c1-6-18-17(13-19(7-2)12-14(3)4)16-10-8-15(5)9-11-16/h8-11,14,17-18H,6-7,12-13H2,1-5H3. The molecule has 0 bridgehead atoms. The number of nitrogens with zero attached hydrogens (tertiary/aromatic N) is 1. The molecule has 2 nitrogen and oxygen atoms in total. The first-order valence-electron chi connectivity index (χ1n) is 7.59. The lowest BCUT2D eigenvalue weighted by atomic mass is 10.0. The number of nitrogens with one attached hydrogen (secondary N) is 1. The highest BCUT2D eigenvalue weighted by Gasteiger charge is 2.15. The Labute approximate surface area is 119 Å². The first-order chi connectivity index (χ1) is 9.06. The van der Waals surface area contributed by atoms with E-state index in [9.17, 15) is 0 Å². The van der Waals surface area contributed by atoms with Gasteiger partial charge in [0.1, 0.15) is 0 Å². The number of hydrogen-bond donors (Lipinski definition) is 1. The second kappa shape index (κ2) is 8.34. The van der Waals surface area contributed by atoms with Crippen molar-refractivity contribution in [3.8, 4) is 0 Å². The second-order valence-corrected chi connectivity index (χ2v) is 5.77. The van der Waals surface area contributed by atoms with E-state index in [4.69, 9.17) is 0 Å². The summed E-state index contributed by atoms with van der Waals surface area (Å²) in [6, 6.07) is 9.36. The van der Waals surface area contributed by atoms with E-state index in [1.807, 2.05) is 0 Å². The number of likely N-dealkylation sites (N-methyl/N-ethyl adjacent to an activating group) is 2. The van der Waals surface area contributed by atoms with Crippen molar-refractivity contribution in [2.75, 3.05) is 26.2 Å². The second-order valence-electron chi connectivity index (χ2n) is 5.77. The molecule has 108 valence electrons. The summed E-state index contributed by atoms with van der Waals surface area (Å²) < 4.78 is 0. The van der Waals surface area contributed by atoms with Gasteiger partial charge in [-0.3, -0.25) is 0 Å². The van der Waals surface area contributed by atoms with Crippen LogP contribution in [0.2, 0.25) is 0 Å². The highest BCUT2D eigenvalue weighted by molar-refractivity contribution is 5.24. The smallest absolute Gasteiger partial charge is 0.0449 e. The van der Waals surface area contributed by atoms with E-state index in [1.54, 1.807) is 0 Å². The van der Waals surface area contributed by atoms with Gasteiger partial charge >= 0.3 is 0 Å². The first-order valence-corrected chi connectivity index (χ1v) is 7.59. The molecular formula is C17H30N2. The molecule has 0 amide bonds. The van der Waals surface area contributed by atoms with Crippen molar-refractivity contribution >= 4 is 0 Å². The van der Waals surface area contributed by atoms with E-state index in [-0.39, 0.29) is 0 Å². The van der Waals surface area contributed by atoms with Gasteiger partial charge in [-0.05, 0) is 31.5 Å². The van der Waals surface area contributed by atoms with Crippen LogP contribution in [0.4, 0.5) is 0 Å². The van der Waals surface area contributed by atoms with Crippen LogP contribution in [0.3, 0.4) is 0 Å². The van der Waals surface area contributed by atoms with Gasteiger partial charge in [0.15, 0.2) is 0 Å². The van der Waals surface area contributed by atoms with Crippen molar-refractivity contribution in [3.05, 3.63) is 35.4 Å². The normalized spacial score (nSPS) is 13.2. The maximum Gasteiger partial charge on any atom is 0.0449 e. The third-order valence-electron chi connectivity index (χ3n) is 3.44. The Morgan fingerprint density at radius 2 is 1.68 bits per heavy atom. The number of aryl methyl sites for hydroxylation is 1. The molecule has 0 radical (unpaired) electrons. The fourth-order valence-corrected chi connectivity index (χ4v) is 2.44. The highest BCUT2D eigenvalue weighted by Crippen LogP contribution is 2.16. The molecule has 0 aliphatic heterocycles. The Balaban J connectivity index is 2.73. The van der Waals surface area contributed by atoms with Crippen LogP contribution in [-0.4, -0.2) is 31.1 Å². The van der Waals surface area contributed by atoms with Crippen LogP contribution in [0, 0.1) is 12.8 Å². The predicted octanol–water partition coefficient (Wildman–Crippen LogP) is 3.62. The van der Waals surface area contributed by atoms with Crippen LogP contribution in [0.15, 0.2) is 24.3 Å². The number of rotatable bonds is 8. The molecule has 1 unspecified atom stereocenters. The van der Waals surface area contributed by atoms with E-state index in [1.165, 1.54) is 17.7 Å². The van der Waals surface area contributed by atoms with Gasteiger partial charge in [0, 0.05) is 19.1 Å². The lowest BCUT2D eigenvalue weighted by molar-refractivity contribution is 0.229. The van der Waals surface area contributed by atoms with Crippen LogP contribution in [0.5, 0.6) is 0 Å². The minimum Gasteiger partial charge on any atom is -0.309 e. The van der Waals surface area contributed by atoms with E-state index in [2.05, 4.69) is 69.1 Å². The molecule has 0 heterocycles. The third-order valence-corrected chi connectivity index (χ3v) is 3.44. The maximum atomic E-state index is 3.61. The summed E-state index contributed by atoms with van der Waals surface area (Å²) in [4.78, 5) is 2.54. The summed E-state index contributed by atoms with van der Waals surface area (Å²) in [5, 5.41) is 3.61. The molecular weight excluding hydrogens is 232 g/mol. The van der Waals surface area contributed by atoms with Crippen molar-refractivity contribution in [1.82, 2.24) is 10.2 Å². The molecule has 0 aliphatic carbocycles. The molecule has 0 saturated heterocycles. The van der Waals surface area contributed by atoms with Crippen molar-refractivity contribution in [3.63, 3.8) is 0 Å². The quantitative estimate of drug-likeness (QED) is 0.769. The van der Waals surface area contributed by atoms with Gasteiger partial charge < -0.3 is 10.2 Å². The molecule has 1 N–H and O–H groups in total. The predicted molar refractivity (Wildman–Crippen MR) is 84.5 cm³/mol. The Kier molecular flexibility index (Phi) is 7.11. The molecule has 0 aliphatic rings. The van der Waals surface area contributed by atoms with Gasteiger partial charge in [-0.25, -0.2) is 0 Å². The van der Waals surface area contributed by atoms with Crippen LogP contribution in [-0.2, 0) is 0 Å². The minimum absolute atomic E-state index is 0.435. The Hall–Kier alpha value is -0.860. The van der Waals surface area contributed by atoms with Gasteiger partial charge in [-0.1, -0.05) is 57.5 Å². The van der Waals surface area contributed by atoms with Crippen LogP contribution in [0.25, 0.3) is 0 Å². The Bertz CT molecular complexity index is 343. The van der Waals surface area contributed by atoms with Gasteiger partial charge in [-0.15, -0.1) is 0 Å². The Morgan fingerprint density at radius 3 is 2.16 bits per heavy atom. The van der Waals surface area contributed by atoms with Crippen LogP contribution >= 0.6 is 0 Å².